The number of amides is 3. The molecule has 8 heteroatoms. The predicted octanol–water partition coefficient (Wildman–Crippen LogP) is 3.65. The van der Waals surface area contributed by atoms with Crippen LogP contribution in [-0.2, 0) is 9.53 Å². The van der Waals surface area contributed by atoms with Crippen molar-refractivity contribution in [1.29, 1.82) is 0 Å². The van der Waals surface area contributed by atoms with Crippen molar-refractivity contribution in [3.63, 3.8) is 0 Å². The lowest BCUT2D eigenvalue weighted by molar-refractivity contribution is -0.113. The molecule has 0 radical (unpaired) electrons. The van der Waals surface area contributed by atoms with E-state index in [-0.39, 0.29) is 18.5 Å². The highest BCUT2D eigenvalue weighted by Crippen LogP contribution is 2.33. The molecule has 0 saturated carbocycles. The van der Waals surface area contributed by atoms with Crippen molar-refractivity contribution >= 4 is 23.6 Å². The van der Waals surface area contributed by atoms with Gasteiger partial charge in [0.15, 0.2) is 0 Å². The second-order valence-corrected chi connectivity index (χ2v) is 7.05. The topological polar surface area (TPSA) is 97.0 Å². The molecule has 0 saturated heterocycles. The molecule has 0 fully saturated rings. The minimum absolute atomic E-state index is 0.247. The maximum absolute atomic E-state index is 13.4. The molecule has 0 aromatic heterocycles. The predicted molar refractivity (Wildman–Crippen MR) is 120 cm³/mol. The Labute approximate surface area is 186 Å². The molecule has 2 aromatic carbocycles. The zero-order valence-corrected chi connectivity index (χ0v) is 18.2. The van der Waals surface area contributed by atoms with Gasteiger partial charge in [0.05, 0.1) is 37.1 Å². The van der Waals surface area contributed by atoms with Crippen molar-refractivity contribution in [3.05, 3.63) is 83.6 Å². The normalized spacial score (nSPS) is 15.7. The molecule has 1 atom stereocenters. The quantitative estimate of drug-likeness (QED) is 0.511. The van der Waals surface area contributed by atoms with Crippen molar-refractivity contribution < 1.29 is 23.9 Å². The van der Waals surface area contributed by atoms with E-state index in [1.807, 2.05) is 0 Å². The second-order valence-electron chi connectivity index (χ2n) is 7.05. The number of allylic oxidation sites excluding steroid dienone is 1. The number of nitrogens with one attached hydrogen (secondary N) is 2. The fraction of sp³-hybridized carbons (Fsp3) is 0.208. The summed E-state index contributed by atoms with van der Waals surface area (Å²) in [5, 5.41) is 5.76. The minimum Gasteiger partial charge on any atom is -0.495 e. The highest BCUT2D eigenvalue weighted by molar-refractivity contribution is 6.07. The van der Waals surface area contributed by atoms with Crippen molar-refractivity contribution in [2.75, 3.05) is 26.1 Å². The van der Waals surface area contributed by atoms with Crippen LogP contribution in [-0.4, -0.2) is 43.6 Å². The van der Waals surface area contributed by atoms with Crippen LogP contribution in [0.4, 0.5) is 10.5 Å². The number of hydrogen-bond acceptors (Lipinski definition) is 5. The van der Waals surface area contributed by atoms with Crippen LogP contribution in [0, 0.1) is 0 Å². The first-order chi connectivity index (χ1) is 15.4. The number of ether oxygens (including phenoxy) is 2. The van der Waals surface area contributed by atoms with Crippen LogP contribution in [0.5, 0.6) is 5.75 Å². The number of carbonyl (C=O) groups excluding carboxylic acids is 3. The molecule has 1 heterocycles. The summed E-state index contributed by atoms with van der Waals surface area (Å²) < 4.78 is 10.1. The standard InChI is InChI=1S/C24H25N3O5/c1-5-14-27-15(2)20(22(28)25-18-8-6-7-9-19(18)31-3)21(26-24(27)30)16-10-12-17(13-11-16)23(29)32-4/h5-13,21H,1,14H2,2-4H3,(H,25,28)(H,26,30). The summed E-state index contributed by atoms with van der Waals surface area (Å²) in [5.41, 5.74) is 2.39. The third-order valence-electron chi connectivity index (χ3n) is 5.17. The maximum Gasteiger partial charge on any atom is 0.337 e. The van der Waals surface area contributed by atoms with Gasteiger partial charge in [-0.3, -0.25) is 9.69 Å². The van der Waals surface area contributed by atoms with E-state index in [1.165, 1.54) is 19.1 Å². The van der Waals surface area contributed by atoms with Gasteiger partial charge in [0.2, 0.25) is 0 Å². The number of anilines is 1. The Bertz CT molecular complexity index is 1080. The molecule has 166 valence electrons. The zero-order valence-electron chi connectivity index (χ0n) is 18.2. The Balaban J connectivity index is 2.03. The highest BCUT2D eigenvalue weighted by atomic mass is 16.5. The molecule has 0 bridgehead atoms. The van der Waals surface area contributed by atoms with Gasteiger partial charge < -0.3 is 20.1 Å². The van der Waals surface area contributed by atoms with Gasteiger partial charge in [0.25, 0.3) is 5.91 Å². The molecule has 1 unspecified atom stereocenters. The highest BCUT2D eigenvalue weighted by Gasteiger charge is 2.35. The Hall–Kier alpha value is -4.07. The van der Waals surface area contributed by atoms with E-state index in [9.17, 15) is 14.4 Å². The number of rotatable bonds is 7. The summed E-state index contributed by atoms with van der Waals surface area (Å²) in [5.74, 6) is -0.341. The number of para-hydroxylation sites is 2. The van der Waals surface area contributed by atoms with Crippen LogP contribution >= 0.6 is 0 Å². The molecule has 3 rings (SSSR count). The minimum atomic E-state index is -0.718. The van der Waals surface area contributed by atoms with Gasteiger partial charge in [-0.1, -0.05) is 30.3 Å². The number of esters is 1. The molecule has 0 aliphatic carbocycles. The molecule has 8 nitrogen and oxygen atoms in total. The lowest BCUT2D eigenvalue weighted by Gasteiger charge is -2.35. The molecular weight excluding hydrogens is 410 g/mol. The van der Waals surface area contributed by atoms with Gasteiger partial charge in [-0.25, -0.2) is 9.59 Å². The average molecular weight is 435 g/mol. The molecule has 3 amide bonds. The van der Waals surface area contributed by atoms with E-state index < -0.39 is 12.0 Å². The van der Waals surface area contributed by atoms with Crippen molar-refractivity contribution in [2.45, 2.75) is 13.0 Å². The molecule has 1 aliphatic heterocycles. The maximum atomic E-state index is 13.4. The summed E-state index contributed by atoms with van der Waals surface area (Å²) in [7, 11) is 2.83. The first-order valence-corrected chi connectivity index (χ1v) is 9.93. The molecule has 0 spiro atoms. The van der Waals surface area contributed by atoms with E-state index in [2.05, 4.69) is 17.2 Å². The number of carbonyl (C=O) groups is 3. The van der Waals surface area contributed by atoms with Crippen LogP contribution in [0.1, 0.15) is 28.9 Å². The Morgan fingerprint density at radius 1 is 1.16 bits per heavy atom. The molecule has 2 N–H and O–H groups in total. The van der Waals surface area contributed by atoms with E-state index in [0.717, 1.165) is 0 Å². The largest absolute Gasteiger partial charge is 0.495 e. The summed E-state index contributed by atoms with van der Waals surface area (Å²) in [6.07, 6.45) is 1.59. The molecule has 2 aromatic rings. The Morgan fingerprint density at radius 3 is 2.47 bits per heavy atom. The lowest BCUT2D eigenvalue weighted by Crippen LogP contribution is -2.48. The van der Waals surface area contributed by atoms with Crippen LogP contribution in [0.2, 0.25) is 0 Å². The van der Waals surface area contributed by atoms with E-state index in [0.29, 0.717) is 33.8 Å². The Kier molecular flexibility index (Phi) is 6.94. The molecule has 1 aliphatic rings. The van der Waals surface area contributed by atoms with E-state index >= 15 is 0 Å². The smallest absolute Gasteiger partial charge is 0.337 e. The van der Waals surface area contributed by atoms with Crippen molar-refractivity contribution in [1.82, 2.24) is 10.2 Å². The number of nitrogens with zero attached hydrogens (tertiary/aromatic N) is 1. The molecular formula is C24H25N3O5. The average Bonchev–Trinajstić information content (AvgIpc) is 2.81. The van der Waals surface area contributed by atoms with Crippen LogP contribution in [0.25, 0.3) is 0 Å². The second kappa shape index (κ2) is 9.82. The van der Waals surface area contributed by atoms with Gasteiger partial charge in [0, 0.05) is 12.2 Å². The zero-order chi connectivity index (χ0) is 23.3. The third-order valence-corrected chi connectivity index (χ3v) is 5.17. The summed E-state index contributed by atoms with van der Waals surface area (Å²) >= 11 is 0. The third kappa shape index (κ3) is 4.49. The fourth-order valence-corrected chi connectivity index (χ4v) is 3.54. The first-order valence-electron chi connectivity index (χ1n) is 9.93. The molecule has 32 heavy (non-hydrogen) atoms. The summed E-state index contributed by atoms with van der Waals surface area (Å²) in [6.45, 7) is 5.65. The fourth-order valence-electron chi connectivity index (χ4n) is 3.54. The van der Waals surface area contributed by atoms with Crippen LogP contribution < -0.4 is 15.4 Å². The van der Waals surface area contributed by atoms with E-state index in [4.69, 9.17) is 9.47 Å². The number of hydrogen-bond donors (Lipinski definition) is 2. The van der Waals surface area contributed by atoms with Gasteiger partial charge in [-0.2, -0.15) is 0 Å². The van der Waals surface area contributed by atoms with E-state index in [1.54, 1.807) is 61.5 Å². The van der Waals surface area contributed by atoms with Crippen molar-refractivity contribution in [2.24, 2.45) is 0 Å². The SMILES string of the molecule is C=CCN1C(=O)NC(c2ccc(C(=O)OC)cc2)C(C(=O)Nc2ccccc2OC)=C1C. The van der Waals surface area contributed by atoms with Crippen LogP contribution in [0.15, 0.2) is 72.5 Å². The van der Waals surface area contributed by atoms with Gasteiger partial charge in [0.1, 0.15) is 5.75 Å². The van der Waals surface area contributed by atoms with Gasteiger partial charge >= 0.3 is 12.0 Å². The summed E-state index contributed by atoms with van der Waals surface area (Å²) in [6, 6.07) is 12.6. The van der Waals surface area contributed by atoms with Crippen molar-refractivity contribution in [3.8, 4) is 5.75 Å². The van der Waals surface area contributed by atoms with Crippen LogP contribution in [0.3, 0.4) is 0 Å². The summed E-state index contributed by atoms with van der Waals surface area (Å²) in [4.78, 5) is 39.3. The number of methoxy groups -OCH3 is 2. The van der Waals surface area contributed by atoms with Gasteiger partial charge in [-0.05, 0) is 36.8 Å². The van der Waals surface area contributed by atoms with Gasteiger partial charge in [-0.15, -0.1) is 6.58 Å². The number of urea groups is 1. The lowest BCUT2D eigenvalue weighted by atomic mass is 9.93. The Morgan fingerprint density at radius 2 is 1.84 bits per heavy atom. The number of benzene rings is 2. The first kappa shape index (κ1) is 22.6. The monoisotopic (exact) mass is 435 g/mol.